The van der Waals surface area contributed by atoms with E-state index in [1.54, 1.807) is 0 Å². The number of piperidine rings is 1. The number of nitrogens with zero attached hydrogens (tertiary/aromatic N) is 1. The molecule has 0 unspecified atom stereocenters. The second kappa shape index (κ2) is 5.85. The maximum absolute atomic E-state index is 11.8. The van der Waals surface area contributed by atoms with Crippen LogP contribution in [-0.4, -0.2) is 36.0 Å². The zero-order chi connectivity index (χ0) is 13.1. The summed E-state index contributed by atoms with van der Waals surface area (Å²) in [6.07, 6.45) is 2.95. The summed E-state index contributed by atoms with van der Waals surface area (Å²) < 4.78 is 0. The molecule has 0 spiro atoms. The van der Waals surface area contributed by atoms with Gasteiger partial charge in [-0.1, -0.05) is 34.6 Å². The van der Waals surface area contributed by atoms with Gasteiger partial charge in [-0.3, -0.25) is 4.79 Å². The number of hydrogen-bond acceptors (Lipinski definition) is 2. The van der Waals surface area contributed by atoms with Crippen molar-refractivity contribution in [1.29, 1.82) is 0 Å². The molecule has 3 nitrogen and oxygen atoms in total. The lowest BCUT2D eigenvalue weighted by molar-refractivity contribution is -0.134. The zero-order valence-electron chi connectivity index (χ0n) is 12.0. The number of likely N-dealkylation sites (tertiary alicyclic amines) is 1. The third-order valence-corrected chi connectivity index (χ3v) is 3.40. The Hall–Kier alpha value is -0.570. The first-order chi connectivity index (χ1) is 7.80. The van der Waals surface area contributed by atoms with Crippen molar-refractivity contribution < 1.29 is 4.79 Å². The van der Waals surface area contributed by atoms with E-state index in [-0.39, 0.29) is 5.41 Å². The van der Waals surface area contributed by atoms with Gasteiger partial charge in [-0.25, -0.2) is 0 Å². The Morgan fingerprint density at radius 1 is 1.29 bits per heavy atom. The highest BCUT2D eigenvalue weighted by Crippen LogP contribution is 2.22. The van der Waals surface area contributed by atoms with Crippen molar-refractivity contribution in [2.45, 2.75) is 66.0 Å². The van der Waals surface area contributed by atoms with Gasteiger partial charge in [-0.05, 0) is 18.3 Å². The molecule has 100 valence electrons. The fourth-order valence-electron chi connectivity index (χ4n) is 2.25. The van der Waals surface area contributed by atoms with Crippen LogP contribution in [0.2, 0.25) is 0 Å². The van der Waals surface area contributed by atoms with E-state index in [0.717, 1.165) is 32.4 Å². The van der Waals surface area contributed by atoms with Crippen molar-refractivity contribution in [3.63, 3.8) is 0 Å². The van der Waals surface area contributed by atoms with E-state index >= 15 is 0 Å². The molecule has 0 aromatic rings. The fourth-order valence-corrected chi connectivity index (χ4v) is 2.25. The lowest BCUT2D eigenvalue weighted by Crippen LogP contribution is -2.52. The summed E-state index contributed by atoms with van der Waals surface area (Å²) in [7, 11) is 0. The first-order valence-corrected chi connectivity index (χ1v) is 6.84. The summed E-state index contributed by atoms with van der Waals surface area (Å²) in [6, 6.07) is 0.823. The zero-order valence-corrected chi connectivity index (χ0v) is 12.0. The molecule has 0 saturated carbocycles. The minimum atomic E-state index is 0.183. The van der Waals surface area contributed by atoms with Gasteiger partial charge in [0.15, 0.2) is 0 Å². The molecule has 1 heterocycles. The van der Waals surface area contributed by atoms with E-state index in [0.29, 0.717) is 18.0 Å². The third kappa shape index (κ3) is 4.66. The lowest BCUT2D eigenvalue weighted by Gasteiger charge is -2.38. The molecule has 3 heteroatoms. The van der Waals surface area contributed by atoms with E-state index < -0.39 is 0 Å². The van der Waals surface area contributed by atoms with Gasteiger partial charge in [0.2, 0.25) is 5.91 Å². The van der Waals surface area contributed by atoms with Crippen molar-refractivity contribution >= 4 is 5.91 Å². The van der Waals surface area contributed by atoms with Crippen LogP contribution in [0.25, 0.3) is 0 Å². The van der Waals surface area contributed by atoms with Crippen LogP contribution in [0.3, 0.4) is 0 Å². The maximum atomic E-state index is 11.8. The highest BCUT2D eigenvalue weighted by molar-refractivity contribution is 5.76. The molecule has 1 N–H and O–H groups in total. The van der Waals surface area contributed by atoms with Gasteiger partial charge in [-0.15, -0.1) is 0 Å². The molecule has 1 aliphatic rings. The summed E-state index contributed by atoms with van der Waals surface area (Å²) in [5.41, 5.74) is 0.183. The average Bonchev–Trinajstić information content (AvgIpc) is 2.18. The molecule has 1 saturated heterocycles. The number of carbonyl (C=O) groups excluding carboxylic acids is 1. The molecule has 1 atom stereocenters. The van der Waals surface area contributed by atoms with E-state index in [2.05, 4.69) is 39.9 Å². The molecule has 17 heavy (non-hydrogen) atoms. The molecule has 0 bridgehead atoms. The Bertz CT molecular complexity index is 255. The van der Waals surface area contributed by atoms with Crippen LogP contribution >= 0.6 is 0 Å². The Morgan fingerprint density at radius 3 is 2.41 bits per heavy atom. The second-order valence-corrected chi connectivity index (χ2v) is 6.54. The van der Waals surface area contributed by atoms with E-state index in [9.17, 15) is 4.79 Å². The van der Waals surface area contributed by atoms with Crippen LogP contribution in [0.15, 0.2) is 0 Å². The van der Waals surface area contributed by atoms with Gasteiger partial charge in [0, 0.05) is 31.6 Å². The van der Waals surface area contributed by atoms with Gasteiger partial charge < -0.3 is 10.2 Å². The quantitative estimate of drug-likeness (QED) is 0.818. The number of rotatable bonds is 4. The minimum absolute atomic E-state index is 0.183. The molecule has 1 amide bonds. The SMILES string of the molecule is CC(C)N[C@H](CN1CCCCC1=O)C(C)(C)C. The summed E-state index contributed by atoms with van der Waals surface area (Å²) in [5.74, 6) is 0.330. The predicted molar refractivity (Wildman–Crippen MR) is 71.9 cm³/mol. The first kappa shape index (κ1) is 14.5. The molecule has 0 aromatic heterocycles. The molecule has 1 fully saturated rings. The highest BCUT2D eigenvalue weighted by Gasteiger charge is 2.29. The minimum Gasteiger partial charge on any atom is -0.341 e. The smallest absolute Gasteiger partial charge is 0.222 e. The summed E-state index contributed by atoms with van der Waals surface area (Å²) in [6.45, 7) is 12.8. The molecular formula is C14H28N2O. The molecule has 1 rings (SSSR count). The lowest BCUT2D eigenvalue weighted by atomic mass is 9.85. The van der Waals surface area contributed by atoms with Gasteiger partial charge >= 0.3 is 0 Å². The number of carbonyl (C=O) groups is 1. The van der Waals surface area contributed by atoms with E-state index in [1.807, 2.05) is 4.90 Å². The van der Waals surface area contributed by atoms with Crippen LogP contribution < -0.4 is 5.32 Å². The van der Waals surface area contributed by atoms with Crippen LogP contribution in [0.4, 0.5) is 0 Å². The van der Waals surface area contributed by atoms with Crippen LogP contribution in [0, 0.1) is 5.41 Å². The van der Waals surface area contributed by atoms with Crippen molar-refractivity contribution in [3.8, 4) is 0 Å². The van der Waals surface area contributed by atoms with Crippen molar-refractivity contribution in [2.24, 2.45) is 5.41 Å². The number of hydrogen-bond donors (Lipinski definition) is 1. The second-order valence-electron chi connectivity index (χ2n) is 6.54. The van der Waals surface area contributed by atoms with Gasteiger partial charge in [0.05, 0.1) is 0 Å². The maximum Gasteiger partial charge on any atom is 0.222 e. The molecule has 0 aliphatic carbocycles. The van der Waals surface area contributed by atoms with E-state index in [1.165, 1.54) is 0 Å². The Kier molecular flexibility index (Phi) is 4.99. The molecule has 0 radical (unpaired) electrons. The van der Waals surface area contributed by atoms with Gasteiger partial charge in [0.1, 0.15) is 0 Å². The predicted octanol–water partition coefficient (Wildman–Crippen LogP) is 2.41. The average molecular weight is 240 g/mol. The topological polar surface area (TPSA) is 32.3 Å². The van der Waals surface area contributed by atoms with Crippen LogP contribution in [0.1, 0.15) is 53.9 Å². The standard InChI is InChI=1S/C14H28N2O/c1-11(2)15-12(14(3,4)5)10-16-9-7-6-8-13(16)17/h11-12,15H,6-10H2,1-5H3/t12-/m1/s1. The summed E-state index contributed by atoms with van der Waals surface area (Å²) in [4.78, 5) is 13.9. The summed E-state index contributed by atoms with van der Waals surface area (Å²) in [5, 5.41) is 3.59. The Labute approximate surface area is 106 Å². The van der Waals surface area contributed by atoms with Gasteiger partial charge in [0.25, 0.3) is 0 Å². The van der Waals surface area contributed by atoms with E-state index in [4.69, 9.17) is 0 Å². The number of nitrogens with one attached hydrogen (secondary N) is 1. The fraction of sp³-hybridized carbons (Fsp3) is 0.929. The monoisotopic (exact) mass is 240 g/mol. The van der Waals surface area contributed by atoms with Crippen LogP contribution in [0.5, 0.6) is 0 Å². The van der Waals surface area contributed by atoms with Crippen molar-refractivity contribution in [3.05, 3.63) is 0 Å². The van der Waals surface area contributed by atoms with Crippen LogP contribution in [-0.2, 0) is 4.79 Å². The largest absolute Gasteiger partial charge is 0.341 e. The summed E-state index contributed by atoms with van der Waals surface area (Å²) >= 11 is 0. The Balaban J connectivity index is 2.61. The van der Waals surface area contributed by atoms with Gasteiger partial charge in [-0.2, -0.15) is 0 Å². The third-order valence-electron chi connectivity index (χ3n) is 3.40. The Morgan fingerprint density at radius 2 is 1.94 bits per heavy atom. The van der Waals surface area contributed by atoms with Crippen molar-refractivity contribution in [2.75, 3.05) is 13.1 Å². The first-order valence-electron chi connectivity index (χ1n) is 6.84. The highest BCUT2D eigenvalue weighted by atomic mass is 16.2. The normalized spacial score (nSPS) is 19.9. The van der Waals surface area contributed by atoms with Crippen molar-refractivity contribution in [1.82, 2.24) is 10.2 Å². The molecule has 1 aliphatic heterocycles. The molecular weight excluding hydrogens is 212 g/mol. The number of amides is 1. The molecule has 0 aromatic carbocycles.